The minimum Gasteiger partial charge on any atom is -0.386 e. The van der Waals surface area contributed by atoms with Crippen molar-refractivity contribution in [3.05, 3.63) is 21.8 Å². The monoisotopic (exact) mass is 280 g/mol. The molecule has 0 N–H and O–H groups in total. The van der Waals surface area contributed by atoms with Crippen molar-refractivity contribution in [2.45, 2.75) is 13.3 Å². The lowest BCUT2D eigenvalue weighted by molar-refractivity contribution is -0.276. The molecule has 0 amide bonds. The van der Waals surface area contributed by atoms with Gasteiger partial charge in [0.15, 0.2) is 0 Å². The Kier molecular flexibility index (Phi) is 3.19. The molecule has 80 valence electrons. The van der Waals surface area contributed by atoms with Crippen LogP contribution in [0.2, 0.25) is 0 Å². The lowest BCUT2D eigenvalue weighted by atomic mass is 10.2. The Morgan fingerprint density at radius 3 is 2.60 bits per heavy atom. The Bertz CT molecular complexity index is 425. The van der Waals surface area contributed by atoms with Crippen molar-refractivity contribution in [1.82, 2.24) is 4.98 Å². The molecule has 0 spiro atoms. The summed E-state index contributed by atoms with van der Waals surface area (Å²) in [5, 5.41) is 8.58. The Balaban J connectivity index is 3.18. The van der Waals surface area contributed by atoms with Crippen LogP contribution in [0.5, 0.6) is 5.88 Å². The van der Waals surface area contributed by atoms with Crippen molar-refractivity contribution >= 4 is 15.9 Å². The van der Waals surface area contributed by atoms with Gasteiger partial charge in [0.25, 0.3) is 0 Å². The fourth-order valence-corrected chi connectivity index (χ4v) is 1.12. The molecule has 0 aromatic carbocycles. The van der Waals surface area contributed by atoms with Crippen LogP contribution in [0.25, 0.3) is 0 Å². The fraction of sp³-hybridized carbons (Fsp3) is 0.250. The SMILES string of the molecule is Cc1cc(C#N)c(OC(F)(F)F)nc1Br. The van der Waals surface area contributed by atoms with Gasteiger partial charge in [-0.05, 0) is 34.5 Å². The summed E-state index contributed by atoms with van der Waals surface area (Å²) >= 11 is 2.95. The van der Waals surface area contributed by atoms with Gasteiger partial charge in [-0.2, -0.15) is 5.26 Å². The van der Waals surface area contributed by atoms with Gasteiger partial charge >= 0.3 is 6.36 Å². The summed E-state index contributed by atoms with van der Waals surface area (Å²) < 4.78 is 39.5. The van der Waals surface area contributed by atoms with Crippen LogP contribution < -0.4 is 4.74 Å². The highest BCUT2D eigenvalue weighted by atomic mass is 79.9. The van der Waals surface area contributed by atoms with E-state index in [4.69, 9.17) is 5.26 Å². The quantitative estimate of drug-likeness (QED) is 0.743. The lowest BCUT2D eigenvalue weighted by Gasteiger charge is -2.10. The summed E-state index contributed by atoms with van der Waals surface area (Å²) in [6.45, 7) is 1.61. The molecule has 0 radical (unpaired) electrons. The summed E-state index contributed by atoms with van der Waals surface area (Å²) in [6.07, 6.45) is -4.85. The van der Waals surface area contributed by atoms with Crippen molar-refractivity contribution in [2.24, 2.45) is 0 Å². The number of rotatable bonds is 1. The van der Waals surface area contributed by atoms with Crippen molar-refractivity contribution in [2.75, 3.05) is 0 Å². The van der Waals surface area contributed by atoms with Crippen LogP contribution in [0.4, 0.5) is 13.2 Å². The molecule has 3 nitrogen and oxygen atoms in total. The first-order valence-corrected chi connectivity index (χ1v) is 4.46. The van der Waals surface area contributed by atoms with Crippen LogP contribution in [0, 0.1) is 18.3 Å². The lowest BCUT2D eigenvalue weighted by Crippen LogP contribution is -2.19. The molecular weight excluding hydrogens is 277 g/mol. The number of hydrogen-bond acceptors (Lipinski definition) is 3. The maximum absolute atomic E-state index is 11.9. The van der Waals surface area contributed by atoms with E-state index in [1.165, 1.54) is 6.07 Å². The van der Waals surface area contributed by atoms with Crippen LogP contribution in [0.15, 0.2) is 10.7 Å². The van der Waals surface area contributed by atoms with Gasteiger partial charge in [-0.3, -0.25) is 0 Å². The maximum atomic E-state index is 11.9. The molecule has 15 heavy (non-hydrogen) atoms. The van der Waals surface area contributed by atoms with Crippen molar-refractivity contribution < 1.29 is 17.9 Å². The molecule has 0 unspecified atom stereocenters. The average Bonchev–Trinajstić information content (AvgIpc) is 2.08. The first-order chi connectivity index (χ1) is 6.83. The molecule has 1 aromatic rings. The number of hydrogen-bond donors (Lipinski definition) is 0. The second-order valence-electron chi connectivity index (χ2n) is 2.61. The summed E-state index contributed by atoms with van der Waals surface area (Å²) in [6, 6.07) is 2.84. The van der Waals surface area contributed by atoms with E-state index in [1.807, 2.05) is 0 Å². The Morgan fingerprint density at radius 1 is 1.53 bits per heavy atom. The molecule has 1 heterocycles. The van der Waals surface area contributed by atoms with Crippen LogP contribution >= 0.6 is 15.9 Å². The molecule has 0 aliphatic rings. The molecular formula is C8H4BrF3N2O. The number of halogens is 4. The highest BCUT2D eigenvalue weighted by Crippen LogP contribution is 2.27. The van der Waals surface area contributed by atoms with Gasteiger partial charge in [-0.15, -0.1) is 13.2 Å². The van der Waals surface area contributed by atoms with Crippen molar-refractivity contribution in [1.29, 1.82) is 5.26 Å². The summed E-state index contributed by atoms with van der Waals surface area (Å²) in [5.41, 5.74) is 0.300. The fourth-order valence-electron chi connectivity index (χ4n) is 0.843. The van der Waals surface area contributed by atoms with E-state index < -0.39 is 12.2 Å². The van der Waals surface area contributed by atoms with Crippen molar-refractivity contribution in [3.8, 4) is 11.9 Å². The van der Waals surface area contributed by atoms with E-state index >= 15 is 0 Å². The van der Waals surface area contributed by atoms with Gasteiger partial charge in [-0.25, -0.2) is 4.98 Å². The van der Waals surface area contributed by atoms with Gasteiger partial charge in [-0.1, -0.05) is 0 Å². The summed E-state index contributed by atoms with van der Waals surface area (Å²) in [5.74, 6) is -0.748. The van der Waals surface area contributed by atoms with Gasteiger partial charge < -0.3 is 4.74 Å². The van der Waals surface area contributed by atoms with Gasteiger partial charge in [0.05, 0.1) is 0 Å². The molecule has 0 bridgehead atoms. The first kappa shape index (κ1) is 11.8. The van der Waals surface area contributed by atoms with Crippen molar-refractivity contribution in [3.63, 3.8) is 0 Å². The van der Waals surface area contributed by atoms with Gasteiger partial charge in [0, 0.05) is 0 Å². The van der Waals surface area contributed by atoms with Gasteiger partial charge in [0.1, 0.15) is 16.2 Å². The first-order valence-electron chi connectivity index (χ1n) is 3.66. The minimum absolute atomic E-state index is 0.209. The number of ether oxygens (including phenoxy) is 1. The number of aromatic nitrogens is 1. The average molecular weight is 281 g/mol. The third-order valence-electron chi connectivity index (χ3n) is 1.45. The zero-order chi connectivity index (χ0) is 11.6. The number of nitrogens with zero attached hydrogens (tertiary/aromatic N) is 2. The zero-order valence-electron chi connectivity index (χ0n) is 7.39. The molecule has 0 saturated heterocycles. The maximum Gasteiger partial charge on any atom is 0.574 e. The Hall–Kier alpha value is -1.29. The zero-order valence-corrected chi connectivity index (χ0v) is 8.98. The number of aryl methyl sites for hydroxylation is 1. The van der Waals surface area contributed by atoms with E-state index in [0.717, 1.165) is 0 Å². The summed E-state index contributed by atoms with van der Waals surface area (Å²) in [7, 11) is 0. The molecule has 1 aromatic heterocycles. The largest absolute Gasteiger partial charge is 0.574 e. The molecule has 0 fully saturated rings. The molecule has 0 aliphatic heterocycles. The van der Waals surface area contributed by atoms with E-state index in [-0.39, 0.29) is 10.2 Å². The van der Waals surface area contributed by atoms with Gasteiger partial charge in [0.2, 0.25) is 5.88 Å². The van der Waals surface area contributed by atoms with Crippen LogP contribution in [-0.2, 0) is 0 Å². The highest BCUT2D eigenvalue weighted by molar-refractivity contribution is 9.10. The Labute approximate surface area is 91.6 Å². The van der Waals surface area contributed by atoms with E-state index in [0.29, 0.717) is 5.56 Å². The topological polar surface area (TPSA) is 45.9 Å². The minimum atomic E-state index is -4.85. The van der Waals surface area contributed by atoms with E-state index in [1.54, 1.807) is 13.0 Å². The van der Waals surface area contributed by atoms with Crippen LogP contribution in [0.1, 0.15) is 11.1 Å². The normalized spacial score (nSPS) is 10.9. The number of pyridine rings is 1. The Morgan fingerprint density at radius 2 is 2.13 bits per heavy atom. The van der Waals surface area contributed by atoms with E-state index in [9.17, 15) is 13.2 Å². The second kappa shape index (κ2) is 4.06. The smallest absolute Gasteiger partial charge is 0.386 e. The third-order valence-corrected chi connectivity index (χ3v) is 2.25. The van der Waals surface area contributed by atoms with E-state index in [2.05, 4.69) is 25.7 Å². The predicted molar refractivity (Wildman–Crippen MR) is 48.1 cm³/mol. The molecule has 1 rings (SSSR count). The third kappa shape index (κ3) is 3.09. The second-order valence-corrected chi connectivity index (χ2v) is 3.36. The van der Waals surface area contributed by atoms with Crippen LogP contribution in [0.3, 0.4) is 0 Å². The number of nitriles is 1. The standard InChI is InChI=1S/C8H4BrF3N2O/c1-4-2-5(3-13)7(14-6(4)9)15-8(10,11)12/h2H,1H3. The molecule has 7 heteroatoms. The predicted octanol–water partition coefficient (Wildman–Crippen LogP) is 2.92. The van der Waals surface area contributed by atoms with Crippen LogP contribution in [-0.4, -0.2) is 11.3 Å². The molecule has 0 saturated carbocycles. The number of alkyl halides is 3. The molecule has 0 aliphatic carbocycles. The molecule has 0 atom stereocenters. The highest BCUT2D eigenvalue weighted by Gasteiger charge is 2.33. The summed E-state index contributed by atoms with van der Waals surface area (Å²) in [4.78, 5) is 3.48.